The molecule has 1 atom stereocenters. The zero-order valence-corrected chi connectivity index (χ0v) is 8.42. The third kappa shape index (κ3) is 1.63. The Balaban J connectivity index is 2.44. The minimum atomic E-state index is -1.10. The van der Waals surface area contributed by atoms with E-state index < -0.39 is 10.8 Å². The van der Waals surface area contributed by atoms with Crippen molar-refractivity contribution in [2.45, 2.75) is 5.09 Å². The lowest BCUT2D eigenvalue weighted by Crippen LogP contribution is -1.91. The molecule has 72 valence electrons. The van der Waals surface area contributed by atoms with Gasteiger partial charge in [-0.15, -0.1) is 6.58 Å². The Morgan fingerprint density at radius 1 is 1.43 bits per heavy atom. The lowest BCUT2D eigenvalue weighted by Gasteiger charge is -1.90. The Morgan fingerprint density at radius 2 is 2.21 bits per heavy atom. The summed E-state index contributed by atoms with van der Waals surface area (Å²) in [4.78, 5) is 0. The lowest BCUT2D eigenvalue weighted by molar-refractivity contribution is 0.504. The Bertz CT molecular complexity index is 452. The molecule has 3 heteroatoms. The zero-order valence-electron chi connectivity index (χ0n) is 7.60. The molecule has 2 rings (SSSR count). The molecule has 14 heavy (non-hydrogen) atoms. The van der Waals surface area contributed by atoms with Crippen molar-refractivity contribution < 1.29 is 8.63 Å². The molecule has 0 spiro atoms. The molecule has 2 aromatic rings. The molecule has 0 N–H and O–H groups in total. The highest BCUT2D eigenvalue weighted by molar-refractivity contribution is 7.85. The third-order valence-corrected chi connectivity index (χ3v) is 3.08. The maximum absolute atomic E-state index is 11.6. The molecular formula is C11H10O2S. The SMILES string of the molecule is C=CCS(=O)c1cc2ccccc2o1. The molecular weight excluding hydrogens is 196 g/mol. The van der Waals surface area contributed by atoms with Crippen LogP contribution in [0.25, 0.3) is 11.0 Å². The Morgan fingerprint density at radius 3 is 2.93 bits per heavy atom. The van der Waals surface area contributed by atoms with Crippen LogP contribution in [0.3, 0.4) is 0 Å². The molecule has 1 unspecified atom stereocenters. The highest BCUT2D eigenvalue weighted by Gasteiger charge is 2.08. The van der Waals surface area contributed by atoms with Gasteiger partial charge >= 0.3 is 0 Å². The van der Waals surface area contributed by atoms with Gasteiger partial charge in [-0.2, -0.15) is 0 Å². The summed E-state index contributed by atoms with van der Waals surface area (Å²) in [5, 5.41) is 1.51. The van der Waals surface area contributed by atoms with E-state index >= 15 is 0 Å². The maximum atomic E-state index is 11.6. The van der Waals surface area contributed by atoms with Gasteiger partial charge in [-0.1, -0.05) is 24.3 Å². The van der Waals surface area contributed by atoms with E-state index in [4.69, 9.17) is 4.42 Å². The van der Waals surface area contributed by atoms with E-state index in [2.05, 4.69) is 6.58 Å². The molecule has 0 bridgehead atoms. The van der Waals surface area contributed by atoms with Crippen molar-refractivity contribution in [3.63, 3.8) is 0 Å². The maximum Gasteiger partial charge on any atom is 0.191 e. The standard InChI is InChI=1S/C11H10O2S/c1-2-7-14(12)11-8-9-5-3-4-6-10(9)13-11/h2-6,8H,1,7H2. The van der Waals surface area contributed by atoms with E-state index in [1.54, 1.807) is 6.08 Å². The number of benzene rings is 1. The minimum Gasteiger partial charge on any atom is -0.447 e. The Kier molecular flexibility index (Phi) is 2.50. The number of furan rings is 1. The summed E-state index contributed by atoms with van der Waals surface area (Å²) in [6, 6.07) is 9.44. The van der Waals surface area contributed by atoms with E-state index in [9.17, 15) is 4.21 Å². The number of rotatable bonds is 3. The smallest absolute Gasteiger partial charge is 0.191 e. The Labute approximate surface area is 84.7 Å². The first kappa shape index (κ1) is 9.21. The van der Waals surface area contributed by atoms with Gasteiger partial charge in [0.05, 0.1) is 10.8 Å². The van der Waals surface area contributed by atoms with Gasteiger partial charge in [0, 0.05) is 17.2 Å². The van der Waals surface area contributed by atoms with Crippen molar-refractivity contribution in [3.8, 4) is 0 Å². The average molecular weight is 206 g/mol. The van der Waals surface area contributed by atoms with Gasteiger partial charge in [0.2, 0.25) is 0 Å². The van der Waals surface area contributed by atoms with Crippen LogP contribution >= 0.6 is 0 Å². The fourth-order valence-corrected chi connectivity index (χ4v) is 2.08. The molecule has 0 fully saturated rings. The van der Waals surface area contributed by atoms with Crippen molar-refractivity contribution in [1.29, 1.82) is 0 Å². The lowest BCUT2D eigenvalue weighted by atomic mass is 10.3. The summed E-state index contributed by atoms with van der Waals surface area (Å²) in [6.45, 7) is 3.55. The van der Waals surface area contributed by atoms with Crippen LogP contribution in [0.5, 0.6) is 0 Å². The second kappa shape index (κ2) is 3.80. The fraction of sp³-hybridized carbons (Fsp3) is 0.0909. The van der Waals surface area contributed by atoms with Crippen LogP contribution in [0.15, 0.2) is 52.5 Å². The summed E-state index contributed by atoms with van der Waals surface area (Å²) < 4.78 is 17.0. The van der Waals surface area contributed by atoms with Crippen molar-refractivity contribution in [2.75, 3.05) is 5.75 Å². The molecule has 0 aliphatic heterocycles. The van der Waals surface area contributed by atoms with E-state index in [1.807, 2.05) is 30.3 Å². The molecule has 1 aromatic heterocycles. The predicted octanol–water partition coefficient (Wildman–Crippen LogP) is 2.73. The molecule has 1 aromatic carbocycles. The van der Waals surface area contributed by atoms with Gasteiger partial charge in [0.1, 0.15) is 5.58 Å². The second-order valence-corrected chi connectivity index (χ2v) is 4.33. The van der Waals surface area contributed by atoms with Crippen LogP contribution < -0.4 is 0 Å². The third-order valence-electron chi connectivity index (χ3n) is 1.90. The molecule has 2 nitrogen and oxygen atoms in total. The largest absolute Gasteiger partial charge is 0.447 e. The van der Waals surface area contributed by atoms with Gasteiger partial charge in [-0.05, 0) is 6.07 Å². The summed E-state index contributed by atoms with van der Waals surface area (Å²) in [5.74, 6) is 0.430. The van der Waals surface area contributed by atoms with Gasteiger partial charge in [-0.25, -0.2) is 0 Å². The number of fused-ring (bicyclic) bond motifs is 1. The first-order valence-electron chi connectivity index (χ1n) is 4.29. The summed E-state index contributed by atoms with van der Waals surface area (Å²) in [5.41, 5.74) is 0.778. The quantitative estimate of drug-likeness (QED) is 0.723. The number of hydrogen-bond donors (Lipinski definition) is 0. The van der Waals surface area contributed by atoms with E-state index in [0.717, 1.165) is 11.0 Å². The molecule has 0 aliphatic carbocycles. The summed E-state index contributed by atoms with van der Waals surface area (Å²) in [7, 11) is -1.10. The van der Waals surface area contributed by atoms with Crippen molar-refractivity contribution in [1.82, 2.24) is 0 Å². The first-order valence-corrected chi connectivity index (χ1v) is 5.61. The van der Waals surface area contributed by atoms with Crippen molar-refractivity contribution >= 4 is 21.8 Å². The van der Waals surface area contributed by atoms with Crippen LogP contribution in [-0.2, 0) is 10.8 Å². The molecule has 0 amide bonds. The van der Waals surface area contributed by atoms with Crippen molar-refractivity contribution in [3.05, 3.63) is 43.0 Å². The van der Waals surface area contributed by atoms with Gasteiger partial charge in [-0.3, -0.25) is 4.21 Å². The molecule has 0 saturated heterocycles. The summed E-state index contributed by atoms with van der Waals surface area (Å²) >= 11 is 0. The van der Waals surface area contributed by atoms with Gasteiger partial charge in [0.15, 0.2) is 5.09 Å². The monoisotopic (exact) mass is 206 g/mol. The molecule has 0 radical (unpaired) electrons. The van der Waals surface area contributed by atoms with Gasteiger partial charge < -0.3 is 4.42 Å². The van der Waals surface area contributed by atoms with E-state index in [1.165, 1.54) is 0 Å². The fourth-order valence-electron chi connectivity index (χ4n) is 1.26. The highest BCUT2D eigenvalue weighted by atomic mass is 32.2. The van der Waals surface area contributed by atoms with Crippen LogP contribution in [0.4, 0.5) is 0 Å². The van der Waals surface area contributed by atoms with Crippen LogP contribution in [0.1, 0.15) is 0 Å². The highest BCUT2D eigenvalue weighted by Crippen LogP contribution is 2.21. The van der Waals surface area contributed by atoms with Crippen molar-refractivity contribution in [2.24, 2.45) is 0 Å². The normalized spacial score (nSPS) is 12.9. The second-order valence-electron chi connectivity index (χ2n) is 2.90. The van der Waals surface area contributed by atoms with Crippen LogP contribution in [0.2, 0.25) is 0 Å². The molecule has 0 saturated carbocycles. The van der Waals surface area contributed by atoms with Crippen LogP contribution in [0, 0.1) is 0 Å². The zero-order chi connectivity index (χ0) is 9.97. The van der Waals surface area contributed by atoms with Crippen LogP contribution in [-0.4, -0.2) is 9.96 Å². The number of hydrogen-bond acceptors (Lipinski definition) is 2. The minimum absolute atomic E-state index is 0.430. The first-order chi connectivity index (χ1) is 6.81. The number of para-hydroxylation sites is 1. The predicted molar refractivity (Wildman–Crippen MR) is 57.7 cm³/mol. The average Bonchev–Trinajstić information content (AvgIpc) is 2.61. The van der Waals surface area contributed by atoms with E-state index in [0.29, 0.717) is 10.8 Å². The molecule has 0 aliphatic rings. The topological polar surface area (TPSA) is 30.2 Å². The summed E-state index contributed by atoms with van der Waals surface area (Å²) in [6.07, 6.45) is 1.63. The van der Waals surface area contributed by atoms with Gasteiger partial charge in [0.25, 0.3) is 0 Å². The molecule has 1 heterocycles. The van der Waals surface area contributed by atoms with E-state index in [-0.39, 0.29) is 0 Å². The Hall–Kier alpha value is -1.35.